The molecule has 0 saturated heterocycles. The van der Waals surface area contributed by atoms with E-state index in [1.807, 2.05) is 0 Å². The Morgan fingerprint density at radius 2 is 1.90 bits per heavy atom. The highest BCUT2D eigenvalue weighted by molar-refractivity contribution is 6.07. The highest BCUT2D eigenvalue weighted by Crippen LogP contribution is 2.17. The van der Waals surface area contributed by atoms with E-state index in [-0.39, 0.29) is 11.2 Å². The van der Waals surface area contributed by atoms with Gasteiger partial charge in [-0.1, -0.05) is 25.9 Å². The average molecular weight is 271 g/mol. The number of rotatable bonds is 3. The second kappa shape index (κ2) is 5.36. The first-order valence-electron chi connectivity index (χ1n) is 6.34. The monoisotopic (exact) mass is 271 g/mol. The van der Waals surface area contributed by atoms with Gasteiger partial charge in [0, 0.05) is 23.4 Å². The first-order chi connectivity index (χ1) is 9.38. The second-order valence-corrected chi connectivity index (χ2v) is 5.60. The fourth-order valence-electron chi connectivity index (χ4n) is 1.60. The lowest BCUT2D eigenvalue weighted by atomic mass is 9.96. The molecule has 5 heteroatoms. The Bertz CT molecular complexity index is 634. The van der Waals surface area contributed by atoms with E-state index in [2.05, 4.69) is 35.9 Å². The van der Waals surface area contributed by atoms with Crippen LogP contribution in [-0.4, -0.2) is 20.9 Å². The lowest BCUT2D eigenvalue weighted by Gasteiger charge is -2.15. The zero-order chi connectivity index (χ0) is 14.8. The van der Waals surface area contributed by atoms with Crippen molar-refractivity contribution in [2.24, 2.45) is 0 Å². The summed E-state index contributed by atoms with van der Waals surface area (Å²) in [5, 5.41) is 3.68. The lowest BCUT2D eigenvalue weighted by molar-refractivity contribution is 0.104. The van der Waals surface area contributed by atoms with Gasteiger partial charge in [0.25, 0.3) is 0 Å². The third kappa shape index (κ3) is 3.17. The zero-order valence-electron chi connectivity index (χ0n) is 12.0. The predicted molar refractivity (Wildman–Crippen MR) is 75.3 cm³/mol. The van der Waals surface area contributed by atoms with Crippen LogP contribution in [0.5, 0.6) is 0 Å². The number of ketones is 1. The summed E-state index contributed by atoms with van der Waals surface area (Å²) in [5.41, 5.74) is 1.74. The number of carbonyl (C=O) groups is 1. The van der Waals surface area contributed by atoms with Gasteiger partial charge < -0.3 is 4.52 Å². The van der Waals surface area contributed by atoms with Crippen molar-refractivity contribution in [3.8, 4) is 0 Å². The van der Waals surface area contributed by atoms with Crippen LogP contribution in [0.2, 0.25) is 0 Å². The average Bonchev–Trinajstić information content (AvgIpc) is 2.82. The number of allylic oxidation sites excluding steroid dienone is 1. The molecule has 0 fully saturated rings. The molecule has 20 heavy (non-hydrogen) atoms. The molecule has 2 aromatic heterocycles. The first-order valence-corrected chi connectivity index (χ1v) is 6.34. The van der Waals surface area contributed by atoms with E-state index in [4.69, 9.17) is 4.52 Å². The molecule has 0 bridgehead atoms. The molecule has 0 aliphatic heterocycles. The fourth-order valence-corrected chi connectivity index (χ4v) is 1.60. The van der Waals surface area contributed by atoms with Crippen molar-refractivity contribution in [2.45, 2.75) is 33.1 Å². The van der Waals surface area contributed by atoms with Crippen LogP contribution in [0.4, 0.5) is 0 Å². The predicted octanol–water partition coefficient (Wildman–Crippen LogP) is 2.97. The Morgan fingerprint density at radius 1 is 1.25 bits per heavy atom. The second-order valence-electron chi connectivity index (χ2n) is 5.60. The molecule has 5 nitrogen and oxygen atoms in total. The molecule has 0 saturated carbocycles. The van der Waals surface area contributed by atoms with Gasteiger partial charge in [0.1, 0.15) is 12.1 Å². The summed E-state index contributed by atoms with van der Waals surface area (Å²) >= 11 is 0. The number of hydrogen-bond donors (Lipinski definition) is 0. The minimum absolute atomic E-state index is 0.0857. The quantitative estimate of drug-likeness (QED) is 0.634. The van der Waals surface area contributed by atoms with Crippen LogP contribution in [-0.2, 0) is 5.41 Å². The number of nitrogens with zero attached hydrogens (tertiary/aromatic N) is 3. The maximum Gasteiger partial charge on any atom is 0.191 e. The van der Waals surface area contributed by atoms with Gasteiger partial charge in [-0.05, 0) is 19.1 Å². The van der Waals surface area contributed by atoms with Crippen molar-refractivity contribution < 1.29 is 9.32 Å². The van der Waals surface area contributed by atoms with E-state index in [0.717, 1.165) is 11.4 Å². The molecule has 0 spiro atoms. The van der Waals surface area contributed by atoms with Crippen molar-refractivity contribution in [1.29, 1.82) is 0 Å². The van der Waals surface area contributed by atoms with E-state index in [1.54, 1.807) is 25.4 Å². The number of aryl methyl sites for hydroxylation is 1. The van der Waals surface area contributed by atoms with Crippen molar-refractivity contribution in [3.05, 3.63) is 47.4 Å². The molecule has 2 rings (SSSR count). The summed E-state index contributed by atoms with van der Waals surface area (Å²) in [7, 11) is 0. The molecule has 0 aliphatic carbocycles. The summed E-state index contributed by atoms with van der Waals surface area (Å²) in [4.78, 5) is 20.5. The Kier molecular flexibility index (Phi) is 3.79. The Labute approximate surface area is 117 Å². The fraction of sp³-hybridized carbons (Fsp3) is 0.333. The van der Waals surface area contributed by atoms with E-state index < -0.39 is 0 Å². The standard InChI is InChI=1S/C15H17N3O2/c1-10-12(9-20-18-10)13(19)6-5-11-7-16-14(17-8-11)15(2,3)4/h5-9H,1-4H3/b6-5+. The number of carbonyl (C=O) groups excluding carboxylic acids is 1. The molecule has 0 amide bonds. The van der Waals surface area contributed by atoms with Crippen LogP contribution in [0.1, 0.15) is 48.2 Å². The minimum Gasteiger partial charge on any atom is -0.364 e. The normalized spacial score (nSPS) is 12.0. The zero-order valence-corrected chi connectivity index (χ0v) is 12.0. The lowest BCUT2D eigenvalue weighted by Crippen LogP contribution is -2.15. The maximum atomic E-state index is 11.9. The molecule has 0 radical (unpaired) electrons. The van der Waals surface area contributed by atoms with Crippen LogP contribution in [0, 0.1) is 6.92 Å². The minimum atomic E-state index is -0.149. The molecule has 104 valence electrons. The van der Waals surface area contributed by atoms with Gasteiger partial charge in [-0.15, -0.1) is 0 Å². The Hall–Kier alpha value is -2.30. The van der Waals surface area contributed by atoms with Crippen LogP contribution in [0.25, 0.3) is 6.08 Å². The maximum absolute atomic E-state index is 11.9. The van der Waals surface area contributed by atoms with Gasteiger partial charge in [-0.25, -0.2) is 9.97 Å². The van der Waals surface area contributed by atoms with Crippen molar-refractivity contribution >= 4 is 11.9 Å². The largest absolute Gasteiger partial charge is 0.364 e. The van der Waals surface area contributed by atoms with Crippen LogP contribution >= 0.6 is 0 Å². The number of aromatic nitrogens is 3. The summed E-state index contributed by atoms with van der Waals surface area (Å²) in [6.07, 6.45) is 7.91. The van der Waals surface area contributed by atoms with Crippen molar-refractivity contribution in [3.63, 3.8) is 0 Å². The SMILES string of the molecule is Cc1nocc1C(=O)/C=C/c1cnc(C(C)(C)C)nc1. The Balaban J connectivity index is 2.12. The molecular formula is C15H17N3O2. The van der Waals surface area contributed by atoms with Crippen molar-refractivity contribution in [1.82, 2.24) is 15.1 Å². The summed E-state index contributed by atoms with van der Waals surface area (Å²) in [5.74, 6) is 0.625. The van der Waals surface area contributed by atoms with E-state index in [1.165, 1.54) is 12.3 Å². The molecule has 0 aromatic carbocycles. The van der Waals surface area contributed by atoms with Gasteiger partial charge in [0.05, 0.1) is 11.3 Å². The number of hydrogen-bond acceptors (Lipinski definition) is 5. The highest BCUT2D eigenvalue weighted by atomic mass is 16.5. The third-order valence-corrected chi connectivity index (χ3v) is 2.79. The van der Waals surface area contributed by atoms with Gasteiger partial charge >= 0.3 is 0 Å². The molecule has 2 aromatic rings. The van der Waals surface area contributed by atoms with Gasteiger partial charge in [-0.3, -0.25) is 4.79 Å². The molecule has 2 heterocycles. The molecule has 0 N–H and O–H groups in total. The summed E-state index contributed by atoms with van der Waals surface area (Å²) < 4.78 is 4.74. The van der Waals surface area contributed by atoms with E-state index in [9.17, 15) is 4.79 Å². The molecule has 0 atom stereocenters. The van der Waals surface area contributed by atoms with Crippen molar-refractivity contribution in [2.75, 3.05) is 0 Å². The van der Waals surface area contributed by atoms with Crippen LogP contribution in [0.15, 0.2) is 29.3 Å². The van der Waals surface area contributed by atoms with Gasteiger partial charge in [0.15, 0.2) is 5.78 Å². The van der Waals surface area contributed by atoms with E-state index >= 15 is 0 Å². The summed E-state index contributed by atoms with van der Waals surface area (Å²) in [6, 6.07) is 0. The molecule has 0 aliphatic rings. The summed E-state index contributed by atoms with van der Waals surface area (Å²) in [6.45, 7) is 7.88. The third-order valence-electron chi connectivity index (χ3n) is 2.79. The van der Waals surface area contributed by atoms with Crippen LogP contribution < -0.4 is 0 Å². The van der Waals surface area contributed by atoms with Gasteiger partial charge in [-0.2, -0.15) is 0 Å². The van der Waals surface area contributed by atoms with Crippen LogP contribution in [0.3, 0.4) is 0 Å². The molecular weight excluding hydrogens is 254 g/mol. The highest BCUT2D eigenvalue weighted by Gasteiger charge is 2.16. The molecule has 0 unspecified atom stereocenters. The Morgan fingerprint density at radius 3 is 2.40 bits per heavy atom. The first kappa shape index (κ1) is 14.1. The van der Waals surface area contributed by atoms with E-state index in [0.29, 0.717) is 11.3 Å². The smallest absolute Gasteiger partial charge is 0.191 e. The van der Waals surface area contributed by atoms with Gasteiger partial charge in [0.2, 0.25) is 0 Å². The topological polar surface area (TPSA) is 68.9 Å².